The normalized spacial score (nSPS) is 14.8. The molecule has 2 N–H and O–H groups in total. The molecular weight excluding hydrogens is 254 g/mol. The van der Waals surface area contributed by atoms with Crippen molar-refractivity contribution in [1.29, 1.82) is 0 Å². The molecule has 1 rings (SSSR count). The van der Waals surface area contributed by atoms with Crippen LogP contribution in [0.1, 0.15) is 23.7 Å². The van der Waals surface area contributed by atoms with Crippen molar-refractivity contribution < 1.29 is 14.6 Å². The van der Waals surface area contributed by atoms with Gasteiger partial charge in [-0.3, -0.25) is 0 Å². The van der Waals surface area contributed by atoms with Crippen molar-refractivity contribution in [3.63, 3.8) is 0 Å². The number of alkyl halides is 2. The maximum atomic E-state index is 13.4. The summed E-state index contributed by atoms with van der Waals surface area (Å²) in [5, 5.41) is 19.2. The van der Waals surface area contributed by atoms with E-state index in [4.69, 9.17) is 23.2 Å². The van der Waals surface area contributed by atoms with Crippen LogP contribution in [-0.2, 0) is 5.88 Å². The summed E-state index contributed by atoms with van der Waals surface area (Å²) in [6.07, 6.45) is -1.86. The van der Waals surface area contributed by atoms with Gasteiger partial charge in [-0.1, -0.05) is 12.1 Å². The van der Waals surface area contributed by atoms with Crippen LogP contribution < -0.4 is 0 Å². The minimum atomic E-state index is -1.13. The Hall–Kier alpha value is -0.350. The zero-order valence-corrected chi connectivity index (χ0v) is 10.0. The van der Waals surface area contributed by atoms with Gasteiger partial charge in [-0.2, -0.15) is 0 Å². The molecular formula is C11H13Cl2FO2. The molecule has 0 aliphatic heterocycles. The Morgan fingerprint density at radius 1 is 1.25 bits per heavy atom. The second-order valence-corrected chi connectivity index (χ2v) is 4.12. The van der Waals surface area contributed by atoms with Crippen LogP contribution in [0.15, 0.2) is 18.2 Å². The van der Waals surface area contributed by atoms with Gasteiger partial charge < -0.3 is 10.2 Å². The van der Waals surface area contributed by atoms with Gasteiger partial charge in [0.05, 0.1) is 12.0 Å². The van der Waals surface area contributed by atoms with E-state index in [0.717, 1.165) is 0 Å². The average molecular weight is 267 g/mol. The summed E-state index contributed by atoms with van der Waals surface area (Å²) in [4.78, 5) is 0. The fraction of sp³-hybridized carbons (Fsp3) is 0.455. The average Bonchev–Trinajstić information content (AvgIpc) is 2.28. The highest BCUT2D eigenvalue weighted by atomic mass is 35.5. The second-order valence-electron chi connectivity index (χ2n) is 3.47. The SMILES string of the molecule is OC(CCCl)C(O)c1ccc(CCl)c(F)c1. The van der Waals surface area contributed by atoms with Gasteiger partial charge in [0.25, 0.3) is 0 Å². The highest BCUT2D eigenvalue weighted by Gasteiger charge is 2.18. The number of rotatable bonds is 5. The summed E-state index contributed by atoms with van der Waals surface area (Å²) in [7, 11) is 0. The lowest BCUT2D eigenvalue weighted by Crippen LogP contribution is -2.18. The first-order valence-corrected chi connectivity index (χ1v) is 5.93. The van der Waals surface area contributed by atoms with Crippen molar-refractivity contribution in [1.82, 2.24) is 0 Å². The zero-order valence-electron chi connectivity index (χ0n) is 8.54. The number of hydrogen-bond acceptors (Lipinski definition) is 2. The van der Waals surface area contributed by atoms with Crippen LogP contribution in [0, 0.1) is 5.82 Å². The van der Waals surface area contributed by atoms with E-state index in [1.807, 2.05) is 0 Å². The fourth-order valence-corrected chi connectivity index (χ4v) is 1.79. The summed E-state index contributed by atoms with van der Waals surface area (Å²) >= 11 is 11.0. The molecule has 90 valence electrons. The van der Waals surface area contributed by atoms with Crippen LogP contribution >= 0.6 is 23.2 Å². The van der Waals surface area contributed by atoms with Crippen LogP contribution in [0.3, 0.4) is 0 Å². The van der Waals surface area contributed by atoms with Crippen LogP contribution in [0.5, 0.6) is 0 Å². The van der Waals surface area contributed by atoms with Gasteiger partial charge >= 0.3 is 0 Å². The zero-order chi connectivity index (χ0) is 12.1. The Morgan fingerprint density at radius 3 is 2.44 bits per heavy atom. The molecule has 0 bridgehead atoms. The van der Waals surface area contributed by atoms with E-state index in [-0.39, 0.29) is 18.2 Å². The topological polar surface area (TPSA) is 40.5 Å². The van der Waals surface area contributed by atoms with Crippen molar-refractivity contribution in [2.45, 2.75) is 24.5 Å². The molecule has 2 unspecified atom stereocenters. The fourth-order valence-electron chi connectivity index (χ4n) is 1.35. The molecule has 0 heterocycles. The molecule has 2 atom stereocenters. The summed E-state index contributed by atoms with van der Waals surface area (Å²) in [5.41, 5.74) is 0.688. The van der Waals surface area contributed by atoms with Crippen LogP contribution in [-0.4, -0.2) is 22.2 Å². The lowest BCUT2D eigenvalue weighted by Gasteiger charge is -2.17. The molecule has 0 spiro atoms. The maximum Gasteiger partial charge on any atom is 0.127 e. The van der Waals surface area contributed by atoms with E-state index in [1.54, 1.807) is 6.07 Å². The molecule has 2 nitrogen and oxygen atoms in total. The Labute approximate surface area is 104 Å². The van der Waals surface area contributed by atoms with Crippen LogP contribution in [0.25, 0.3) is 0 Å². The Kier molecular flexibility index (Phi) is 5.49. The number of aliphatic hydroxyl groups excluding tert-OH is 2. The third-order valence-electron chi connectivity index (χ3n) is 2.33. The molecule has 0 saturated carbocycles. The largest absolute Gasteiger partial charge is 0.390 e. The molecule has 0 aliphatic carbocycles. The van der Waals surface area contributed by atoms with Gasteiger partial charge in [0.15, 0.2) is 0 Å². The van der Waals surface area contributed by atoms with Gasteiger partial charge in [-0.15, -0.1) is 23.2 Å². The molecule has 0 aromatic heterocycles. The van der Waals surface area contributed by atoms with Gasteiger partial charge in [0.1, 0.15) is 11.9 Å². The van der Waals surface area contributed by atoms with Crippen LogP contribution in [0.4, 0.5) is 4.39 Å². The number of aliphatic hydroxyl groups is 2. The smallest absolute Gasteiger partial charge is 0.127 e. The highest BCUT2D eigenvalue weighted by molar-refractivity contribution is 6.17. The predicted octanol–water partition coefficient (Wildman–Crippen LogP) is 2.59. The molecule has 0 radical (unpaired) electrons. The van der Waals surface area contributed by atoms with Crippen molar-refractivity contribution in [2.75, 3.05) is 5.88 Å². The molecule has 1 aromatic carbocycles. The van der Waals surface area contributed by atoms with E-state index in [9.17, 15) is 14.6 Å². The molecule has 1 aromatic rings. The molecule has 0 fully saturated rings. The van der Waals surface area contributed by atoms with Gasteiger partial charge in [-0.05, 0) is 18.1 Å². The molecule has 0 amide bonds. The summed E-state index contributed by atoms with van der Waals surface area (Å²) in [6.45, 7) is 0. The van der Waals surface area contributed by atoms with Crippen molar-refractivity contribution in [2.24, 2.45) is 0 Å². The molecule has 16 heavy (non-hydrogen) atoms. The minimum Gasteiger partial charge on any atom is -0.390 e. The first-order chi connectivity index (χ1) is 7.60. The maximum absolute atomic E-state index is 13.4. The quantitative estimate of drug-likeness (QED) is 0.805. The first kappa shape index (κ1) is 13.7. The summed E-state index contributed by atoms with van der Waals surface area (Å²) in [6, 6.07) is 4.22. The first-order valence-electron chi connectivity index (χ1n) is 4.86. The lowest BCUT2D eigenvalue weighted by molar-refractivity contribution is 0.0168. The predicted molar refractivity (Wildman–Crippen MR) is 62.3 cm³/mol. The highest BCUT2D eigenvalue weighted by Crippen LogP contribution is 2.22. The second kappa shape index (κ2) is 6.40. The van der Waals surface area contributed by atoms with E-state index >= 15 is 0 Å². The van der Waals surface area contributed by atoms with Gasteiger partial charge in [0, 0.05) is 11.4 Å². The molecule has 5 heteroatoms. The van der Waals surface area contributed by atoms with E-state index in [2.05, 4.69) is 0 Å². The Bertz CT molecular complexity index is 347. The standard InChI is InChI=1S/C11H13Cl2FO2/c12-4-3-10(15)11(16)7-1-2-8(6-13)9(14)5-7/h1-2,5,10-11,15-16H,3-4,6H2. The summed E-state index contributed by atoms with van der Waals surface area (Å²) < 4.78 is 13.4. The number of halogens is 3. The molecule has 0 aliphatic rings. The third-order valence-corrected chi connectivity index (χ3v) is 2.84. The van der Waals surface area contributed by atoms with Gasteiger partial charge in [0.2, 0.25) is 0 Å². The minimum absolute atomic E-state index is 0.0758. The lowest BCUT2D eigenvalue weighted by atomic mass is 10.0. The van der Waals surface area contributed by atoms with Crippen molar-refractivity contribution in [3.8, 4) is 0 Å². The Balaban J connectivity index is 2.84. The number of benzene rings is 1. The van der Waals surface area contributed by atoms with Gasteiger partial charge in [-0.25, -0.2) is 4.39 Å². The Morgan fingerprint density at radius 2 is 1.94 bits per heavy atom. The molecule has 0 saturated heterocycles. The summed E-state index contributed by atoms with van der Waals surface area (Å²) in [5.74, 6) is -0.169. The van der Waals surface area contributed by atoms with E-state index < -0.39 is 18.0 Å². The van der Waals surface area contributed by atoms with Crippen molar-refractivity contribution in [3.05, 3.63) is 35.1 Å². The monoisotopic (exact) mass is 266 g/mol. The van der Waals surface area contributed by atoms with Crippen molar-refractivity contribution >= 4 is 23.2 Å². The van der Waals surface area contributed by atoms with E-state index in [1.165, 1.54) is 12.1 Å². The van der Waals surface area contributed by atoms with Crippen LogP contribution in [0.2, 0.25) is 0 Å². The number of hydrogen-bond donors (Lipinski definition) is 2. The van der Waals surface area contributed by atoms with E-state index in [0.29, 0.717) is 11.1 Å². The third kappa shape index (κ3) is 3.32.